The van der Waals surface area contributed by atoms with Crippen molar-refractivity contribution in [3.8, 4) is 5.75 Å². The molecule has 0 spiro atoms. The Bertz CT molecular complexity index is 562. The van der Waals surface area contributed by atoms with E-state index in [1.807, 2.05) is 45.0 Å². The number of methoxy groups -OCH3 is 1. The average molecular weight is 305 g/mol. The van der Waals surface area contributed by atoms with Gasteiger partial charge in [-0.05, 0) is 44.9 Å². The number of carbonyl (C=O) groups is 2. The third-order valence-electron chi connectivity index (χ3n) is 3.57. The molecule has 22 heavy (non-hydrogen) atoms. The van der Waals surface area contributed by atoms with Crippen LogP contribution in [-0.2, 0) is 9.53 Å². The van der Waals surface area contributed by atoms with Crippen LogP contribution in [0.1, 0.15) is 38.7 Å². The van der Waals surface area contributed by atoms with Crippen LogP contribution in [0.5, 0.6) is 5.75 Å². The predicted molar refractivity (Wildman–Crippen MR) is 83.2 cm³/mol. The molecule has 0 aromatic heterocycles. The highest BCUT2D eigenvalue weighted by Gasteiger charge is 2.32. The van der Waals surface area contributed by atoms with Crippen molar-refractivity contribution in [3.05, 3.63) is 29.8 Å². The minimum absolute atomic E-state index is 0.0327. The zero-order valence-electron chi connectivity index (χ0n) is 13.6. The van der Waals surface area contributed by atoms with Crippen molar-refractivity contribution in [2.75, 3.05) is 20.2 Å². The van der Waals surface area contributed by atoms with Crippen molar-refractivity contribution in [2.24, 2.45) is 0 Å². The number of carbonyl (C=O) groups excluding carboxylic acids is 2. The number of benzene rings is 1. The summed E-state index contributed by atoms with van der Waals surface area (Å²) in [6.07, 6.45) is 0.176. The highest BCUT2D eigenvalue weighted by atomic mass is 16.6. The molecule has 0 N–H and O–H groups in total. The Kier molecular flexibility index (Phi) is 4.74. The molecule has 0 bridgehead atoms. The minimum atomic E-state index is -0.552. The number of hydrogen-bond donors (Lipinski definition) is 0. The number of ketones is 1. The van der Waals surface area contributed by atoms with Crippen LogP contribution in [0.3, 0.4) is 0 Å². The zero-order chi connectivity index (χ0) is 16.3. The summed E-state index contributed by atoms with van der Waals surface area (Å²) < 4.78 is 10.5. The summed E-state index contributed by atoms with van der Waals surface area (Å²) in [5.41, 5.74) is 0.386. The Morgan fingerprint density at radius 1 is 1.32 bits per heavy atom. The van der Waals surface area contributed by atoms with Crippen molar-refractivity contribution in [1.29, 1.82) is 0 Å². The van der Waals surface area contributed by atoms with E-state index in [0.29, 0.717) is 13.0 Å². The summed E-state index contributed by atoms with van der Waals surface area (Å²) in [5, 5.41) is 0. The second kappa shape index (κ2) is 6.38. The van der Waals surface area contributed by atoms with Gasteiger partial charge in [0.1, 0.15) is 11.4 Å². The van der Waals surface area contributed by atoms with Gasteiger partial charge in [-0.25, -0.2) is 4.79 Å². The Morgan fingerprint density at radius 3 is 2.64 bits per heavy atom. The van der Waals surface area contributed by atoms with E-state index in [-0.39, 0.29) is 18.2 Å². The Labute approximate surface area is 131 Å². The number of piperidine rings is 1. The van der Waals surface area contributed by atoms with E-state index in [9.17, 15) is 9.59 Å². The van der Waals surface area contributed by atoms with Gasteiger partial charge in [0.25, 0.3) is 0 Å². The predicted octanol–water partition coefficient (Wildman–Crippen LogP) is 2.99. The summed E-state index contributed by atoms with van der Waals surface area (Å²) >= 11 is 0. The number of likely N-dealkylation sites (tertiary alicyclic amines) is 1. The Balaban J connectivity index is 2.04. The first-order chi connectivity index (χ1) is 10.3. The van der Waals surface area contributed by atoms with Crippen molar-refractivity contribution >= 4 is 11.9 Å². The van der Waals surface area contributed by atoms with Crippen molar-refractivity contribution in [2.45, 2.75) is 38.7 Å². The fraction of sp³-hybridized carbons (Fsp3) is 0.529. The molecular formula is C17H23NO4. The van der Waals surface area contributed by atoms with E-state index >= 15 is 0 Å². The van der Waals surface area contributed by atoms with Gasteiger partial charge < -0.3 is 14.4 Å². The molecular weight excluding hydrogens is 282 g/mol. The Morgan fingerprint density at radius 2 is 2.05 bits per heavy atom. The molecule has 1 aliphatic rings. The maximum absolute atomic E-state index is 12.4. The molecule has 120 valence electrons. The fourth-order valence-electron chi connectivity index (χ4n) is 2.52. The van der Waals surface area contributed by atoms with Gasteiger partial charge in [0.2, 0.25) is 0 Å². The first-order valence-electron chi connectivity index (χ1n) is 7.45. The average Bonchev–Trinajstić information content (AvgIpc) is 2.45. The highest BCUT2D eigenvalue weighted by Crippen LogP contribution is 2.28. The number of hydrogen-bond acceptors (Lipinski definition) is 4. The van der Waals surface area contributed by atoms with Gasteiger partial charge in [0.15, 0.2) is 5.78 Å². The highest BCUT2D eigenvalue weighted by molar-refractivity contribution is 5.91. The second-order valence-corrected chi connectivity index (χ2v) is 6.49. The van der Waals surface area contributed by atoms with Crippen molar-refractivity contribution < 1.29 is 19.1 Å². The SMILES string of the molecule is COc1cccc([C@H]2CCN(C(=O)OC(C)(C)C)CC2=O)c1. The molecule has 1 amide bonds. The number of rotatable bonds is 2. The quantitative estimate of drug-likeness (QED) is 0.843. The third kappa shape index (κ3) is 4.00. The Hall–Kier alpha value is -2.04. The topological polar surface area (TPSA) is 55.8 Å². The standard InChI is InChI=1S/C17H23NO4/c1-17(2,3)22-16(20)18-9-8-14(15(19)11-18)12-6-5-7-13(10-12)21-4/h5-7,10,14H,8-9,11H2,1-4H3/t14-/m1/s1. The maximum Gasteiger partial charge on any atom is 0.410 e. The summed E-state index contributed by atoms with van der Waals surface area (Å²) in [7, 11) is 1.60. The van der Waals surface area contributed by atoms with E-state index in [4.69, 9.17) is 9.47 Å². The fourth-order valence-corrected chi connectivity index (χ4v) is 2.52. The van der Waals surface area contributed by atoms with Crippen LogP contribution in [0.15, 0.2) is 24.3 Å². The smallest absolute Gasteiger partial charge is 0.410 e. The van der Waals surface area contributed by atoms with Crippen LogP contribution < -0.4 is 4.74 Å². The molecule has 5 heteroatoms. The molecule has 1 heterocycles. The number of nitrogens with zero attached hydrogens (tertiary/aromatic N) is 1. The molecule has 1 aromatic rings. The lowest BCUT2D eigenvalue weighted by Crippen LogP contribution is -2.45. The van der Waals surface area contributed by atoms with Crippen molar-refractivity contribution in [3.63, 3.8) is 0 Å². The zero-order valence-corrected chi connectivity index (χ0v) is 13.6. The number of Topliss-reactive ketones (excluding diaryl/α,β-unsaturated/α-hetero) is 1. The monoisotopic (exact) mass is 305 g/mol. The van der Waals surface area contributed by atoms with Gasteiger partial charge in [0.05, 0.1) is 13.7 Å². The molecule has 1 aromatic carbocycles. The van der Waals surface area contributed by atoms with Crippen molar-refractivity contribution in [1.82, 2.24) is 4.90 Å². The molecule has 0 radical (unpaired) electrons. The van der Waals surface area contributed by atoms with Gasteiger partial charge in [0, 0.05) is 12.5 Å². The molecule has 1 atom stereocenters. The summed E-state index contributed by atoms with van der Waals surface area (Å²) in [6.45, 7) is 6.06. The summed E-state index contributed by atoms with van der Waals surface area (Å²) in [4.78, 5) is 25.9. The largest absolute Gasteiger partial charge is 0.497 e. The third-order valence-corrected chi connectivity index (χ3v) is 3.57. The normalized spacial score (nSPS) is 19.0. The van der Waals surface area contributed by atoms with Gasteiger partial charge >= 0.3 is 6.09 Å². The summed E-state index contributed by atoms with van der Waals surface area (Å²) in [6, 6.07) is 7.53. The minimum Gasteiger partial charge on any atom is -0.497 e. The van der Waals surface area contributed by atoms with Gasteiger partial charge in [-0.2, -0.15) is 0 Å². The molecule has 1 aliphatic heterocycles. The second-order valence-electron chi connectivity index (χ2n) is 6.49. The van der Waals surface area contributed by atoms with E-state index in [0.717, 1.165) is 11.3 Å². The summed E-state index contributed by atoms with van der Waals surface area (Å²) in [5.74, 6) is 0.582. The van der Waals surface area contributed by atoms with Crippen LogP contribution in [0.25, 0.3) is 0 Å². The molecule has 1 saturated heterocycles. The number of ether oxygens (including phenoxy) is 2. The molecule has 5 nitrogen and oxygen atoms in total. The van der Waals surface area contributed by atoms with E-state index < -0.39 is 11.7 Å². The maximum atomic E-state index is 12.4. The lowest BCUT2D eigenvalue weighted by Gasteiger charge is -2.32. The van der Waals surface area contributed by atoms with Crippen LogP contribution >= 0.6 is 0 Å². The van der Waals surface area contributed by atoms with Crippen LogP contribution in [0, 0.1) is 0 Å². The van der Waals surface area contributed by atoms with Crippen LogP contribution in [0.2, 0.25) is 0 Å². The van der Waals surface area contributed by atoms with E-state index in [1.54, 1.807) is 7.11 Å². The van der Waals surface area contributed by atoms with Gasteiger partial charge in [-0.3, -0.25) is 4.79 Å². The van der Waals surface area contributed by atoms with Crippen LogP contribution in [-0.4, -0.2) is 42.6 Å². The molecule has 0 unspecified atom stereocenters. The molecule has 0 aliphatic carbocycles. The van der Waals surface area contributed by atoms with E-state index in [1.165, 1.54) is 4.90 Å². The van der Waals surface area contributed by atoms with E-state index in [2.05, 4.69) is 0 Å². The molecule has 0 saturated carbocycles. The number of amides is 1. The lowest BCUT2D eigenvalue weighted by molar-refractivity contribution is -0.123. The first kappa shape index (κ1) is 16.3. The van der Waals surface area contributed by atoms with Gasteiger partial charge in [-0.15, -0.1) is 0 Å². The molecule has 1 fully saturated rings. The first-order valence-corrected chi connectivity index (χ1v) is 7.45. The molecule has 2 rings (SSSR count). The van der Waals surface area contributed by atoms with Crippen LogP contribution in [0.4, 0.5) is 4.79 Å². The van der Waals surface area contributed by atoms with Gasteiger partial charge in [-0.1, -0.05) is 12.1 Å². The lowest BCUT2D eigenvalue weighted by atomic mass is 9.88.